The van der Waals surface area contributed by atoms with Crippen molar-refractivity contribution < 1.29 is 15.0 Å². The summed E-state index contributed by atoms with van der Waals surface area (Å²) in [6.45, 7) is 3.44. The molecule has 0 unspecified atom stereocenters. The lowest BCUT2D eigenvalue weighted by Gasteiger charge is -2.28. The lowest BCUT2D eigenvalue weighted by atomic mass is 10.1. The summed E-state index contributed by atoms with van der Waals surface area (Å²) < 4.78 is 1.80. The maximum absolute atomic E-state index is 12.8. The predicted octanol–water partition coefficient (Wildman–Crippen LogP) is 1.16. The lowest BCUT2D eigenvalue weighted by molar-refractivity contribution is 0.0704. The standard InChI is InChI=1S/C19H24N4O3/c24-13-18(25)17-11-16-12-22(9-10-23(16)20-17)19(26)14-3-5-15(6-4-14)21-7-1-2-8-21/h3-6,11,18,24-25H,1-2,7-10,12-13H2/t18-/m1/s1. The molecule has 0 radical (unpaired) electrons. The van der Waals surface area contributed by atoms with Gasteiger partial charge in [-0.3, -0.25) is 9.48 Å². The van der Waals surface area contributed by atoms with Crippen molar-refractivity contribution in [2.24, 2.45) is 0 Å². The van der Waals surface area contributed by atoms with E-state index < -0.39 is 6.10 Å². The molecule has 2 aliphatic heterocycles. The summed E-state index contributed by atoms with van der Waals surface area (Å²) in [6.07, 6.45) is 1.49. The number of hydrogen-bond acceptors (Lipinski definition) is 5. The number of fused-ring (bicyclic) bond motifs is 1. The minimum absolute atomic E-state index is 0.00896. The van der Waals surface area contributed by atoms with E-state index in [4.69, 9.17) is 5.11 Å². The number of hydrogen-bond donors (Lipinski definition) is 2. The van der Waals surface area contributed by atoms with Crippen molar-refractivity contribution >= 4 is 11.6 Å². The van der Waals surface area contributed by atoms with E-state index in [1.165, 1.54) is 18.5 Å². The lowest BCUT2D eigenvalue weighted by Crippen LogP contribution is -2.38. The topological polar surface area (TPSA) is 81.8 Å². The third kappa shape index (κ3) is 3.20. The first kappa shape index (κ1) is 17.1. The molecule has 26 heavy (non-hydrogen) atoms. The van der Waals surface area contributed by atoms with Crippen LogP contribution in [0.5, 0.6) is 0 Å². The van der Waals surface area contributed by atoms with Crippen molar-refractivity contribution in [1.82, 2.24) is 14.7 Å². The molecule has 2 aromatic rings. The number of aliphatic hydroxyl groups is 2. The van der Waals surface area contributed by atoms with E-state index >= 15 is 0 Å². The van der Waals surface area contributed by atoms with Gasteiger partial charge in [0.05, 0.1) is 31.1 Å². The molecule has 7 heteroatoms. The Morgan fingerprint density at radius 1 is 1.12 bits per heavy atom. The largest absolute Gasteiger partial charge is 0.393 e. The zero-order valence-electron chi connectivity index (χ0n) is 14.7. The minimum atomic E-state index is -0.976. The van der Waals surface area contributed by atoms with Gasteiger partial charge in [0.25, 0.3) is 5.91 Å². The van der Waals surface area contributed by atoms with E-state index in [1.54, 1.807) is 15.6 Å². The quantitative estimate of drug-likeness (QED) is 0.859. The third-order valence-corrected chi connectivity index (χ3v) is 5.20. The second-order valence-electron chi connectivity index (χ2n) is 6.95. The van der Waals surface area contributed by atoms with Crippen molar-refractivity contribution in [2.45, 2.75) is 32.0 Å². The molecule has 0 spiro atoms. The van der Waals surface area contributed by atoms with Crippen LogP contribution in [0.25, 0.3) is 0 Å². The molecule has 4 rings (SSSR count). The Labute approximate surface area is 152 Å². The highest BCUT2D eigenvalue weighted by molar-refractivity contribution is 5.94. The van der Waals surface area contributed by atoms with Crippen molar-refractivity contribution in [3.05, 3.63) is 47.3 Å². The van der Waals surface area contributed by atoms with Crippen LogP contribution < -0.4 is 4.90 Å². The summed E-state index contributed by atoms with van der Waals surface area (Å²) in [5, 5.41) is 23.1. The average molecular weight is 356 g/mol. The molecule has 1 aromatic carbocycles. The van der Waals surface area contributed by atoms with Gasteiger partial charge in [-0.15, -0.1) is 0 Å². The fraction of sp³-hybridized carbons (Fsp3) is 0.474. The number of aromatic nitrogens is 2. The van der Waals surface area contributed by atoms with E-state index in [1.807, 2.05) is 24.3 Å². The van der Waals surface area contributed by atoms with Crippen LogP contribution in [0.3, 0.4) is 0 Å². The second-order valence-corrected chi connectivity index (χ2v) is 6.95. The minimum Gasteiger partial charge on any atom is -0.393 e. The Morgan fingerprint density at radius 2 is 1.85 bits per heavy atom. The third-order valence-electron chi connectivity index (χ3n) is 5.20. The highest BCUT2D eigenvalue weighted by Gasteiger charge is 2.25. The maximum atomic E-state index is 12.8. The highest BCUT2D eigenvalue weighted by atomic mass is 16.3. The summed E-state index contributed by atoms with van der Waals surface area (Å²) in [7, 11) is 0. The van der Waals surface area contributed by atoms with E-state index in [0.717, 1.165) is 18.8 Å². The molecule has 2 N–H and O–H groups in total. The number of rotatable bonds is 4. The van der Waals surface area contributed by atoms with Gasteiger partial charge >= 0.3 is 0 Å². The van der Waals surface area contributed by atoms with Gasteiger partial charge in [-0.2, -0.15) is 5.10 Å². The Morgan fingerprint density at radius 3 is 2.54 bits per heavy atom. The molecule has 1 saturated heterocycles. The number of anilines is 1. The Hall–Kier alpha value is -2.38. The zero-order valence-corrected chi connectivity index (χ0v) is 14.7. The molecular formula is C19H24N4O3. The van der Waals surface area contributed by atoms with Gasteiger partial charge in [0.2, 0.25) is 0 Å². The molecule has 1 fully saturated rings. The first-order valence-corrected chi connectivity index (χ1v) is 9.15. The number of amides is 1. The number of aliphatic hydroxyl groups excluding tert-OH is 2. The molecule has 1 amide bonds. The van der Waals surface area contributed by atoms with E-state index in [2.05, 4.69) is 10.00 Å². The molecule has 138 valence electrons. The van der Waals surface area contributed by atoms with Gasteiger partial charge in [-0.1, -0.05) is 0 Å². The summed E-state index contributed by atoms with van der Waals surface area (Å²) in [5.74, 6) is 0.00896. The van der Waals surface area contributed by atoms with Gasteiger partial charge in [-0.05, 0) is 43.2 Å². The molecule has 7 nitrogen and oxygen atoms in total. The van der Waals surface area contributed by atoms with E-state index in [9.17, 15) is 9.90 Å². The summed E-state index contributed by atoms with van der Waals surface area (Å²) >= 11 is 0. The SMILES string of the molecule is O=C(c1ccc(N2CCCC2)cc1)N1CCn2nc([C@H](O)CO)cc2C1. The molecule has 2 aliphatic rings. The van der Waals surface area contributed by atoms with Crippen LogP contribution in [0.2, 0.25) is 0 Å². The van der Waals surface area contributed by atoms with Crippen molar-refractivity contribution in [3.8, 4) is 0 Å². The van der Waals surface area contributed by atoms with Crippen LogP contribution in [0.15, 0.2) is 30.3 Å². The van der Waals surface area contributed by atoms with Gasteiger partial charge in [0, 0.05) is 30.9 Å². The van der Waals surface area contributed by atoms with E-state index in [-0.39, 0.29) is 12.5 Å². The van der Waals surface area contributed by atoms with Crippen LogP contribution in [0.1, 0.15) is 40.7 Å². The van der Waals surface area contributed by atoms with Crippen LogP contribution in [-0.4, -0.2) is 57.0 Å². The molecule has 0 aliphatic carbocycles. The normalized spacial score (nSPS) is 18.1. The number of carbonyl (C=O) groups excluding carboxylic acids is 1. The average Bonchev–Trinajstić information content (AvgIpc) is 3.36. The Kier molecular flexibility index (Phi) is 4.65. The fourth-order valence-corrected chi connectivity index (χ4v) is 3.69. The van der Waals surface area contributed by atoms with E-state index in [0.29, 0.717) is 30.9 Å². The number of carbonyl (C=O) groups is 1. The maximum Gasteiger partial charge on any atom is 0.254 e. The number of benzene rings is 1. The summed E-state index contributed by atoms with van der Waals surface area (Å²) in [6, 6.07) is 9.63. The van der Waals surface area contributed by atoms with Gasteiger partial charge in [0.15, 0.2) is 0 Å². The monoisotopic (exact) mass is 356 g/mol. The molecule has 0 bridgehead atoms. The smallest absolute Gasteiger partial charge is 0.254 e. The van der Waals surface area contributed by atoms with Crippen LogP contribution in [-0.2, 0) is 13.1 Å². The molecule has 1 atom stereocenters. The second kappa shape index (κ2) is 7.09. The van der Waals surface area contributed by atoms with Gasteiger partial charge in [-0.25, -0.2) is 0 Å². The van der Waals surface area contributed by atoms with Crippen LogP contribution >= 0.6 is 0 Å². The first-order chi connectivity index (χ1) is 12.7. The fourth-order valence-electron chi connectivity index (χ4n) is 3.69. The molecular weight excluding hydrogens is 332 g/mol. The highest BCUT2D eigenvalue weighted by Crippen LogP contribution is 2.23. The van der Waals surface area contributed by atoms with Crippen molar-refractivity contribution in [3.63, 3.8) is 0 Å². The Bertz CT molecular complexity index is 781. The van der Waals surface area contributed by atoms with Gasteiger partial charge < -0.3 is 20.0 Å². The van der Waals surface area contributed by atoms with Crippen molar-refractivity contribution in [1.29, 1.82) is 0 Å². The van der Waals surface area contributed by atoms with Gasteiger partial charge in [0.1, 0.15) is 6.10 Å². The number of nitrogens with zero attached hydrogens (tertiary/aromatic N) is 4. The van der Waals surface area contributed by atoms with Crippen molar-refractivity contribution in [2.75, 3.05) is 31.1 Å². The first-order valence-electron chi connectivity index (χ1n) is 9.15. The van der Waals surface area contributed by atoms with Crippen LogP contribution in [0.4, 0.5) is 5.69 Å². The summed E-state index contributed by atoms with van der Waals surface area (Å²) in [4.78, 5) is 17.0. The molecule has 0 saturated carbocycles. The molecule has 1 aromatic heterocycles. The van der Waals surface area contributed by atoms with Crippen LogP contribution in [0, 0.1) is 0 Å². The zero-order chi connectivity index (χ0) is 18.1. The Balaban J connectivity index is 1.46. The molecule has 3 heterocycles. The summed E-state index contributed by atoms with van der Waals surface area (Å²) in [5.41, 5.74) is 3.20. The predicted molar refractivity (Wildman–Crippen MR) is 96.9 cm³/mol.